The summed E-state index contributed by atoms with van der Waals surface area (Å²) in [7, 11) is 0. The fourth-order valence-electron chi connectivity index (χ4n) is 9.33. The predicted octanol–water partition coefficient (Wildman–Crippen LogP) is 13.0. The Bertz CT molecular complexity index is 3680. The molecule has 0 fully saturated rings. The van der Waals surface area contributed by atoms with Gasteiger partial charge in [0.2, 0.25) is 0 Å². The van der Waals surface area contributed by atoms with Crippen LogP contribution in [-0.2, 0) is 0 Å². The summed E-state index contributed by atoms with van der Waals surface area (Å²) in [6.45, 7) is 0. The molecule has 68 heavy (non-hydrogen) atoms. The van der Waals surface area contributed by atoms with Crippen molar-refractivity contribution in [1.29, 1.82) is 0 Å². The van der Waals surface area contributed by atoms with Crippen molar-refractivity contribution in [3.63, 3.8) is 0 Å². The van der Waals surface area contributed by atoms with Crippen LogP contribution >= 0.6 is 0 Å². The molecule has 0 atom stereocenters. The second-order valence-electron chi connectivity index (χ2n) is 16.5. The quantitative estimate of drug-likeness (QED) is 0.148. The molecule has 0 unspecified atom stereocenters. The Hall–Kier alpha value is -9.54. The Morgan fingerprint density at radius 3 is 1.15 bits per heavy atom. The van der Waals surface area contributed by atoms with Crippen molar-refractivity contribution in [1.82, 2.24) is 49.0 Å². The van der Waals surface area contributed by atoms with Crippen LogP contribution in [-0.4, -0.2) is 49.0 Å². The average molecular weight is 873 g/mol. The maximum atomic E-state index is 5.29. The molecule has 10 heterocycles. The molecular weight excluding hydrogens is 837 g/mol. The minimum Gasteiger partial charge on any atom is -0.294 e. The molecule has 318 valence electrons. The van der Waals surface area contributed by atoms with E-state index in [0.29, 0.717) is 0 Å². The third-order valence-electron chi connectivity index (χ3n) is 12.4. The highest BCUT2D eigenvalue weighted by Crippen LogP contribution is 2.37. The SMILES string of the molecule is c1ccc(-c2cc(-c3cccc(-c4cc(-c5ccccn5)nc(-c5cccc(-n6c7ccccc7c7cnccc76)n5)c4)c3)cc(-c3cccc(-n4c5ccccc5c5cnccc54)n3)n2)nc1. The van der Waals surface area contributed by atoms with E-state index in [1.165, 1.54) is 0 Å². The summed E-state index contributed by atoms with van der Waals surface area (Å²) >= 11 is 0. The van der Waals surface area contributed by atoms with Crippen LogP contribution in [0.1, 0.15) is 0 Å². The number of benzene rings is 3. The van der Waals surface area contributed by atoms with Gasteiger partial charge in [-0.1, -0.05) is 78.9 Å². The molecule has 13 aromatic rings. The minimum atomic E-state index is 0.729. The van der Waals surface area contributed by atoms with Crippen LogP contribution in [0.15, 0.2) is 219 Å². The monoisotopic (exact) mass is 872 g/mol. The summed E-state index contributed by atoms with van der Waals surface area (Å²) in [5.41, 5.74) is 14.1. The molecule has 0 N–H and O–H groups in total. The molecule has 10 nitrogen and oxygen atoms in total. The molecule has 0 saturated heterocycles. The van der Waals surface area contributed by atoms with Crippen LogP contribution in [0.25, 0.3) is 123 Å². The van der Waals surface area contributed by atoms with Gasteiger partial charge in [-0.3, -0.25) is 29.1 Å². The molecule has 3 aromatic carbocycles. The smallest absolute Gasteiger partial charge is 0.138 e. The number of fused-ring (bicyclic) bond motifs is 6. The van der Waals surface area contributed by atoms with E-state index < -0.39 is 0 Å². The number of aromatic nitrogens is 10. The molecule has 0 aliphatic heterocycles. The van der Waals surface area contributed by atoms with Gasteiger partial charge in [-0.15, -0.1) is 0 Å². The molecular formula is C58H36N10. The van der Waals surface area contributed by atoms with Gasteiger partial charge in [0.1, 0.15) is 11.6 Å². The molecule has 0 amide bonds. The van der Waals surface area contributed by atoms with Gasteiger partial charge in [0.25, 0.3) is 0 Å². The van der Waals surface area contributed by atoms with E-state index in [4.69, 9.17) is 29.9 Å². The molecule has 10 aromatic heterocycles. The average Bonchev–Trinajstić information content (AvgIpc) is 3.94. The van der Waals surface area contributed by atoms with Gasteiger partial charge in [-0.25, -0.2) is 19.9 Å². The van der Waals surface area contributed by atoms with E-state index in [1.807, 2.05) is 110 Å². The molecule has 0 spiro atoms. The van der Waals surface area contributed by atoms with E-state index in [0.717, 1.165) is 123 Å². The van der Waals surface area contributed by atoms with Crippen molar-refractivity contribution in [2.75, 3.05) is 0 Å². The van der Waals surface area contributed by atoms with Gasteiger partial charge in [-0.2, -0.15) is 0 Å². The second kappa shape index (κ2) is 16.2. The highest BCUT2D eigenvalue weighted by Gasteiger charge is 2.18. The molecule has 0 aliphatic rings. The minimum absolute atomic E-state index is 0.729. The van der Waals surface area contributed by atoms with E-state index in [9.17, 15) is 0 Å². The number of para-hydroxylation sites is 2. The van der Waals surface area contributed by atoms with Crippen LogP contribution in [0.4, 0.5) is 0 Å². The Balaban J connectivity index is 0.938. The van der Waals surface area contributed by atoms with Gasteiger partial charge in [-0.05, 0) is 125 Å². The number of pyridine rings is 8. The third kappa shape index (κ3) is 6.74. The fourth-order valence-corrected chi connectivity index (χ4v) is 9.33. The van der Waals surface area contributed by atoms with Gasteiger partial charge < -0.3 is 0 Å². The lowest BCUT2D eigenvalue weighted by Crippen LogP contribution is -2.00. The molecule has 0 saturated carbocycles. The lowest BCUT2D eigenvalue weighted by molar-refractivity contribution is 1.07. The first-order valence-electron chi connectivity index (χ1n) is 22.3. The van der Waals surface area contributed by atoms with Crippen molar-refractivity contribution in [3.05, 3.63) is 219 Å². The Morgan fingerprint density at radius 2 is 0.676 bits per heavy atom. The van der Waals surface area contributed by atoms with E-state index in [2.05, 4.69) is 116 Å². The lowest BCUT2D eigenvalue weighted by atomic mass is 9.97. The van der Waals surface area contributed by atoms with Gasteiger partial charge >= 0.3 is 0 Å². The topological polar surface area (TPSA) is 113 Å². The van der Waals surface area contributed by atoms with Crippen molar-refractivity contribution in [2.45, 2.75) is 0 Å². The molecule has 0 aliphatic carbocycles. The Labute approximate surface area is 389 Å². The first kappa shape index (κ1) is 38.9. The van der Waals surface area contributed by atoms with Gasteiger partial charge in [0.15, 0.2) is 0 Å². The molecule has 0 radical (unpaired) electrons. The van der Waals surface area contributed by atoms with E-state index >= 15 is 0 Å². The van der Waals surface area contributed by atoms with Crippen molar-refractivity contribution < 1.29 is 0 Å². The highest BCUT2D eigenvalue weighted by molar-refractivity contribution is 6.09. The summed E-state index contributed by atoms with van der Waals surface area (Å²) in [5.74, 6) is 1.58. The second-order valence-corrected chi connectivity index (χ2v) is 16.5. The fraction of sp³-hybridized carbons (Fsp3) is 0. The number of hydrogen-bond donors (Lipinski definition) is 0. The zero-order valence-electron chi connectivity index (χ0n) is 36.3. The third-order valence-corrected chi connectivity index (χ3v) is 12.4. The molecule has 10 heteroatoms. The van der Waals surface area contributed by atoms with Crippen LogP contribution in [0, 0.1) is 0 Å². The first-order chi connectivity index (χ1) is 33.7. The van der Waals surface area contributed by atoms with E-state index in [-0.39, 0.29) is 0 Å². The van der Waals surface area contributed by atoms with Crippen molar-refractivity contribution in [3.8, 4) is 79.4 Å². The Kier molecular flexibility index (Phi) is 9.24. The summed E-state index contributed by atoms with van der Waals surface area (Å²) in [4.78, 5) is 39.3. The maximum absolute atomic E-state index is 5.29. The zero-order chi connectivity index (χ0) is 45.0. The van der Waals surface area contributed by atoms with E-state index in [1.54, 1.807) is 12.4 Å². The van der Waals surface area contributed by atoms with Crippen LogP contribution in [0.2, 0.25) is 0 Å². The predicted molar refractivity (Wildman–Crippen MR) is 270 cm³/mol. The summed E-state index contributed by atoms with van der Waals surface area (Å²) in [6.07, 6.45) is 11.1. The van der Waals surface area contributed by atoms with Gasteiger partial charge in [0, 0.05) is 58.7 Å². The molecule has 0 bridgehead atoms. The van der Waals surface area contributed by atoms with Crippen LogP contribution < -0.4 is 0 Å². The summed E-state index contributed by atoms with van der Waals surface area (Å²) in [5, 5.41) is 4.39. The van der Waals surface area contributed by atoms with Crippen LogP contribution in [0.3, 0.4) is 0 Å². The first-order valence-corrected chi connectivity index (χ1v) is 22.3. The largest absolute Gasteiger partial charge is 0.294 e. The lowest BCUT2D eigenvalue weighted by Gasteiger charge is -2.13. The maximum Gasteiger partial charge on any atom is 0.138 e. The zero-order valence-corrected chi connectivity index (χ0v) is 36.3. The summed E-state index contributed by atoms with van der Waals surface area (Å²) < 4.78 is 4.39. The number of hydrogen-bond acceptors (Lipinski definition) is 8. The standard InChI is InChI=1S/C58H36N10/c1-3-20-53-41(14-1)43-35-59-28-24-55(43)67(53)57-22-10-18-47(65-57)51-33-39(31-49(63-51)45-16-5-7-26-61-45)37-12-9-13-38(30-37)40-32-50(46-17-6-8-27-62-46)64-52(34-40)48-19-11-23-58(66-48)68-54-21-4-2-15-42(54)44-36-60-29-25-56(44)68/h1-36H. The highest BCUT2D eigenvalue weighted by atomic mass is 15.1. The number of rotatable bonds is 8. The van der Waals surface area contributed by atoms with Crippen molar-refractivity contribution in [2.24, 2.45) is 0 Å². The Morgan fingerprint density at radius 1 is 0.265 bits per heavy atom. The normalized spacial score (nSPS) is 11.5. The number of nitrogens with zero attached hydrogens (tertiary/aromatic N) is 10. The molecule has 13 rings (SSSR count). The van der Waals surface area contributed by atoms with Crippen molar-refractivity contribution >= 4 is 43.6 Å². The van der Waals surface area contributed by atoms with Crippen LogP contribution in [0.5, 0.6) is 0 Å². The summed E-state index contributed by atoms with van der Waals surface area (Å²) in [6, 6.07) is 61.8. The van der Waals surface area contributed by atoms with Gasteiger partial charge in [0.05, 0.1) is 67.6 Å².